The van der Waals surface area contributed by atoms with Gasteiger partial charge in [-0.15, -0.1) is 6.58 Å². The van der Waals surface area contributed by atoms with Gasteiger partial charge in [-0.2, -0.15) is 0 Å². The summed E-state index contributed by atoms with van der Waals surface area (Å²) in [5.74, 6) is 0.773. The monoisotopic (exact) mass is 461 g/mol. The van der Waals surface area contributed by atoms with Gasteiger partial charge in [0.25, 0.3) is 5.91 Å². The Morgan fingerprint density at radius 1 is 1.18 bits per heavy atom. The highest BCUT2D eigenvalue weighted by atomic mass is 16.6. The van der Waals surface area contributed by atoms with Crippen molar-refractivity contribution in [2.45, 2.75) is 25.4 Å². The molecule has 2 amide bonds. The quantitative estimate of drug-likeness (QED) is 0.549. The molecule has 7 nitrogen and oxygen atoms in total. The zero-order chi connectivity index (χ0) is 24.1. The molecule has 2 N–H and O–H groups in total. The zero-order valence-electron chi connectivity index (χ0n) is 19.5. The summed E-state index contributed by atoms with van der Waals surface area (Å²) in [7, 11) is 0. The maximum atomic E-state index is 12.9. The summed E-state index contributed by atoms with van der Waals surface area (Å²) in [6.45, 7) is 11.0. The van der Waals surface area contributed by atoms with Gasteiger partial charge in [0, 0.05) is 30.3 Å². The van der Waals surface area contributed by atoms with Crippen molar-refractivity contribution in [1.29, 1.82) is 0 Å². The van der Waals surface area contributed by atoms with E-state index < -0.39 is 0 Å². The molecule has 2 aromatic carbocycles. The molecule has 1 unspecified atom stereocenters. The number of hydrogen-bond acceptors (Lipinski definition) is 5. The van der Waals surface area contributed by atoms with Crippen molar-refractivity contribution in [3.05, 3.63) is 84.5 Å². The maximum Gasteiger partial charge on any atom is 0.410 e. The molecule has 1 saturated heterocycles. The number of amides is 2. The van der Waals surface area contributed by atoms with Crippen LogP contribution in [0.25, 0.3) is 0 Å². The molecule has 0 spiro atoms. The average Bonchev–Trinajstić information content (AvgIpc) is 3.31. The van der Waals surface area contributed by atoms with Crippen molar-refractivity contribution in [3.63, 3.8) is 0 Å². The third-order valence-electron chi connectivity index (χ3n) is 6.33. The molecule has 0 saturated carbocycles. The van der Waals surface area contributed by atoms with E-state index in [0.29, 0.717) is 25.3 Å². The molecule has 0 aliphatic carbocycles. The predicted molar refractivity (Wildman–Crippen MR) is 132 cm³/mol. The van der Waals surface area contributed by atoms with Crippen molar-refractivity contribution in [1.82, 2.24) is 10.2 Å². The molecule has 2 aliphatic rings. The normalized spacial score (nSPS) is 20.4. The number of carbonyl (C=O) groups is 2. The van der Waals surface area contributed by atoms with Crippen LogP contribution >= 0.6 is 0 Å². The molecule has 2 aliphatic heterocycles. The zero-order valence-corrected chi connectivity index (χ0v) is 19.5. The second-order valence-electron chi connectivity index (χ2n) is 8.38. The average molecular weight is 462 g/mol. The van der Waals surface area contributed by atoms with Crippen LogP contribution in [0.3, 0.4) is 0 Å². The van der Waals surface area contributed by atoms with Crippen LogP contribution in [0.15, 0.2) is 67.8 Å². The number of hydrogen-bond donors (Lipinski definition) is 2. The van der Waals surface area contributed by atoms with E-state index in [1.54, 1.807) is 23.1 Å². The van der Waals surface area contributed by atoms with Gasteiger partial charge in [0.2, 0.25) is 0 Å². The Bertz CT molecular complexity index is 1070. The topological polar surface area (TPSA) is 79.9 Å². The predicted octanol–water partition coefficient (Wildman–Crippen LogP) is 4.85. The Labute approximate surface area is 200 Å². The largest absolute Gasteiger partial charge is 0.494 e. The highest BCUT2D eigenvalue weighted by Crippen LogP contribution is 2.51. The van der Waals surface area contributed by atoms with Crippen molar-refractivity contribution in [2.75, 3.05) is 31.6 Å². The molecule has 2 aromatic rings. The highest BCUT2D eigenvalue weighted by Gasteiger charge is 2.47. The van der Waals surface area contributed by atoms with Crippen LogP contribution in [-0.4, -0.2) is 43.2 Å². The summed E-state index contributed by atoms with van der Waals surface area (Å²) in [6.07, 6.45) is 3.65. The fourth-order valence-corrected chi connectivity index (χ4v) is 4.87. The van der Waals surface area contributed by atoms with Crippen molar-refractivity contribution in [3.8, 4) is 5.75 Å². The Kier molecular flexibility index (Phi) is 7.21. The molecule has 0 radical (unpaired) electrons. The molecular weight excluding hydrogens is 430 g/mol. The number of likely N-dealkylation sites (tertiary alicyclic amines) is 1. The van der Waals surface area contributed by atoms with Gasteiger partial charge >= 0.3 is 6.09 Å². The van der Waals surface area contributed by atoms with Gasteiger partial charge in [-0.1, -0.05) is 30.9 Å². The van der Waals surface area contributed by atoms with Crippen LogP contribution in [0.5, 0.6) is 5.75 Å². The van der Waals surface area contributed by atoms with Crippen LogP contribution < -0.4 is 15.4 Å². The lowest BCUT2D eigenvalue weighted by atomic mass is 9.79. The van der Waals surface area contributed by atoms with Crippen LogP contribution in [0, 0.1) is 5.92 Å². The maximum absolute atomic E-state index is 12.9. The lowest BCUT2D eigenvalue weighted by molar-refractivity contribution is 0.0957. The number of fused-ring (bicyclic) bond motifs is 3. The second-order valence-corrected chi connectivity index (χ2v) is 8.38. The van der Waals surface area contributed by atoms with E-state index in [2.05, 4.69) is 35.9 Å². The molecular formula is C27H31N3O4. The van der Waals surface area contributed by atoms with Crippen LogP contribution in [0.4, 0.5) is 10.5 Å². The Balaban J connectivity index is 1.70. The van der Waals surface area contributed by atoms with Gasteiger partial charge in [-0.25, -0.2) is 4.79 Å². The van der Waals surface area contributed by atoms with Crippen molar-refractivity contribution >= 4 is 17.7 Å². The van der Waals surface area contributed by atoms with E-state index in [1.807, 2.05) is 31.2 Å². The highest BCUT2D eigenvalue weighted by molar-refractivity contribution is 5.95. The summed E-state index contributed by atoms with van der Waals surface area (Å²) in [5, 5.41) is 6.49. The minimum atomic E-state index is -0.368. The molecule has 3 atom stereocenters. The molecule has 178 valence electrons. The summed E-state index contributed by atoms with van der Waals surface area (Å²) in [5.41, 5.74) is 3.50. The second kappa shape index (κ2) is 10.5. The fraction of sp³-hybridized carbons (Fsp3) is 0.333. The third-order valence-corrected chi connectivity index (χ3v) is 6.33. The number of nitrogens with zero attached hydrogens (tertiary/aromatic N) is 1. The van der Waals surface area contributed by atoms with E-state index in [4.69, 9.17) is 9.47 Å². The smallest absolute Gasteiger partial charge is 0.410 e. The SMILES string of the molecule is C=CCNC(=O)c1ccc2c(c1)[C@@H]1[C@@H](CCN1C(=O)OCC=C)C(c1ccc(OCC)cc1)N2. The van der Waals surface area contributed by atoms with Crippen molar-refractivity contribution in [2.24, 2.45) is 5.92 Å². The molecule has 0 aromatic heterocycles. The lowest BCUT2D eigenvalue weighted by Gasteiger charge is -2.40. The number of carbonyl (C=O) groups excluding carboxylic acids is 2. The Morgan fingerprint density at radius 3 is 2.68 bits per heavy atom. The van der Waals surface area contributed by atoms with Crippen LogP contribution in [0.2, 0.25) is 0 Å². The Hall–Kier alpha value is -3.74. The first-order chi connectivity index (χ1) is 16.6. The number of ether oxygens (including phenoxy) is 2. The Morgan fingerprint density at radius 2 is 1.97 bits per heavy atom. The third kappa shape index (κ3) is 4.64. The minimum absolute atomic E-state index is 0.00539. The van der Waals surface area contributed by atoms with Gasteiger partial charge in [-0.3, -0.25) is 4.79 Å². The first kappa shape index (κ1) is 23.4. The van der Waals surface area contributed by atoms with Gasteiger partial charge < -0.3 is 25.0 Å². The van der Waals surface area contributed by atoms with Gasteiger partial charge in [0.05, 0.1) is 18.7 Å². The van der Waals surface area contributed by atoms with E-state index in [0.717, 1.165) is 29.0 Å². The molecule has 7 heteroatoms. The van der Waals surface area contributed by atoms with Gasteiger partial charge in [-0.05, 0) is 54.8 Å². The number of anilines is 1. The lowest BCUT2D eigenvalue weighted by Crippen LogP contribution is -2.38. The van der Waals surface area contributed by atoms with E-state index >= 15 is 0 Å². The fourth-order valence-electron chi connectivity index (χ4n) is 4.87. The number of rotatable bonds is 8. The van der Waals surface area contributed by atoms with Crippen molar-refractivity contribution < 1.29 is 19.1 Å². The van der Waals surface area contributed by atoms with Gasteiger partial charge in [0.1, 0.15) is 12.4 Å². The van der Waals surface area contributed by atoms with E-state index in [-0.39, 0.29) is 36.6 Å². The molecule has 2 heterocycles. The molecule has 34 heavy (non-hydrogen) atoms. The number of nitrogens with one attached hydrogen (secondary N) is 2. The first-order valence-electron chi connectivity index (χ1n) is 11.6. The minimum Gasteiger partial charge on any atom is -0.494 e. The molecule has 4 rings (SSSR count). The number of benzene rings is 2. The van der Waals surface area contributed by atoms with Crippen LogP contribution in [0.1, 0.15) is 46.9 Å². The standard InChI is InChI=1S/C27H31N3O4/c1-4-14-28-26(31)19-9-12-23-22(17-19)25-21(13-15-30(25)27(32)34-16-5-2)24(29-23)18-7-10-20(11-8-18)33-6-3/h4-5,7-12,17,21,24-25,29H,1-2,6,13-16H2,3H3,(H,28,31)/t21-,24?,25-/m0/s1. The molecule has 0 bridgehead atoms. The van der Waals surface area contributed by atoms with Gasteiger partial charge in [0.15, 0.2) is 0 Å². The molecule has 1 fully saturated rings. The van der Waals surface area contributed by atoms with E-state index in [9.17, 15) is 9.59 Å². The first-order valence-corrected chi connectivity index (χ1v) is 11.6. The summed E-state index contributed by atoms with van der Waals surface area (Å²) >= 11 is 0. The summed E-state index contributed by atoms with van der Waals surface area (Å²) < 4.78 is 11.0. The van der Waals surface area contributed by atoms with E-state index in [1.165, 1.54) is 0 Å². The summed E-state index contributed by atoms with van der Waals surface area (Å²) in [4.78, 5) is 27.3. The van der Waals surface area contributed by atoms with Crippen LogP contribution in [-0.2, 0) is 4.74 Å². The summed E-state index contributed by atoms with van der Waals surface area (Å²) in [6, 6.07) is 13.5.